The first kappa shape index (κ1) is 7.85. The zero-order valence-corrected chi connectivity index (χ0v) is 7.72. The second kappa shape index (κ2) is 3.30. The van der Waals surface area contributed by atoms with Gasteiger partial charge in [0.25, 0.3) is 0 Å². The molecule has 0 nitrogen and oxygen atoms in total. The minimum absolute atomic E-state index is 1.06. The molecule has 1 aliphatic rings. The van der Waals surface area contributed by atoms with Crippen LogP contribution in [0.15, 0.2) is 24.3 Å². The molecule has 12 heavy (non-hydrogen) atoms. The second-order valence-corrected chi connectivity index (χ2v) is 3.97. The lowest BCUT2D eigenvalue weighted by atomic mass is 10.1. The maximum absolute atomic E-state index is 2.31. The average molecular weight is 160 g/mol. The van der Waals surface area contributed by atoms with Crippen LogP contribution in [0.3, 0.4) is 0 Å². The van der Waals surface area contributed by atoms with Crippen molar-refractivity contribution in [3.8, 4) is 0 Å². The van der Waals surface area contributed by atoms with Gasteiger partial charge in [0, 0.05) is 0 Å². The quantitative estimate of drug-likeness (QED) is 0.636. The highest BCUT2D eigenvalue weighted by Gasteiger charge is 2.20. The molecule has 1 saturated carbocycles. The summed E-state index contributed by atoms with van der Waals surface area (Å²) in [5.41, 5.74) is 2.91. The van der Waals surface area contributed by atoms with Crippen LogP contribution in [0.4, 0.5) is 0 Å². The Kier molecular flexibility index (Phi) is 2.16. The number of hydrogen-bond donors (Lipinski definition) is 0. The minimum Gasteiger partial charge on any atom is -0.0617 e. The molecule has 1 fully saturated rings. The summed E-state index contributed by atoms with van der Waals surface area (Å²) in [7, 11) is 0. The van der Waals surface area contributed by atoms with Crippen LogP contribution >= 0.6 is 0 Å². The smallest absolute Gasteiger partial charge is 0.0276 e. The molecular formula is C12H16. The van der Waals surface area contributed by atoms with Gasteiger partial charge in [0.05, 0.1) is 0 Å². The summed E-state index contributed by atoms with van der Waals surface area (Å²) in [6.07, 6.45) is 5.65. The Morgan fingerprint density at radius 2 is 2.17 bits per heavy atom. The Balaban J connectivity index is 1.92. The fourth-order valence-electron chi connectivity index (χ4n) is 1.64. The lowest BCUT2D eigenvalue weighted by Gasteiger charge is -2.00. The topological polar surface area (TPSA) is 0 Å². The van der Waals surface area contributed by atoms with Crippen molar-refractivity contribution < 1.29 is 0 Å². The molecule has 1 aromatic rings. The molecule has 2 rings (SSSR count). The second-order valence-electron chi connectivity index (χ2n) is 3.97. The highest BCUT2D eigenvalue weighted by atomic mass is 14.3. The molecule has 0 amide bonds. The molecule has 0 radical (unpaired) electrons. The van der Waals surface area contributed by atoms with Crippen molar-refractivity contribution in [3.63, 3.8) is 0 Å². The van der Waals surface area contributed by atoms with E-state index in [0.29, 0.717) is 0 Å². The van der Waals surface area contributed by atoms with Gasteiger partial charge in [0.15, 0.2) is 0 Å². The molecular weight excluding hydrogens is 144 g/mol. The van der Waals surface area contributed by atoms with E-state index in [1.807, 2.05) is 0 Å². The Morgan fingerprint density at radius 3 is 2.83 bits per heavy atom. The number of aryl methyl sites for hydroxylation is 2. The number of rotatable bonds is 3. The number of hydrogen-bond acceptors (Lipinski definition) is 0. The van der Waals surface area contributed by atoms with Crippen molar-refractivity contribution in [3.05, 3.63) is 35.4 Å². The molecule has 0 atom stereocenters. The van der Waals surface area contributed by atoms with Crippen LogP contribution in [0, 0.1) is 12.8 Å². The first-order valence-corrected chi connectivity index (χ1v) is 4.90. The maximum atomic E-state index is 2.31. The van der Waals surface area contributed by atoms with Gasteiger partial charge in [-0.1, -0.05) is 42.7 Å². The summed E-state index contributed by atoms with van der Waals surface area (Å²) in [5, 5.41) is 0. The standard InChI is InChI=1S/C12H16/c1-10-3-2-4-12(9-10)8-7-11-5-6-11/h2-4,9,11H,5-8H2,1H3. The van der Waals surface area contributed by atoms with E-state index in [0.717, 1.165) is 5.92 Å². The average Bonchev–Trinajstić information content (AvgIpc) is 2.84. The van der Waals surface area contributed by atoms with Gasteiger partial charge in [-0.05, 0) is 31.2 Å². The lowest BCUT2D eigenvalue weighted by Crippen LogP contribution is -1.86. The Labute approximate surface area is 74.6 Å². The van der Waals surface area contributed by atoms with E-state index in [9.17, 15) is 0 Å². The molecule has 0 bridgehead atoms. The van der Waals surface area contributed by atoms with Crippen molar-refractivity contribution in [2.45, 2.75) is 32.6 Å². The summed E-state index contributed by atoms with van der Waals surface area (Å²) < 4.78 is 0. The molecule has 1 aliphatic carbocycles. The fourth-order valence-corrected chi connectivity index (χ4v) is 1.64. The van der Waals surface area contributed by atoms with Crippen LogP contribution < -0.4 is 0 Å². The van der Waals surface area contributed by atoms with Crippen molar-refractivity contribution in [1.29, 1.82) is 0 Å². The highest BCUT2D eigenvalue weighted by Crippen LogP contribution is 2.33. The zero-order valence-electron chi connectivity index (χ0n) is 7.72. The zero-order chi connectivity index (χ0) is 8.39. The van der Waals surface area contributed by atoms with Gasteiger partial charge >= 0.3 is 0 Å². The lowest BCUT2D eigenvalue weighted by molar-refractivity contribution is 0.726. The largest absolute Gasteiger partial charge is 0.0617 e. The Bertz CT molecular complexity index is 258. The fraction of sp³-hybridized carbons (Fsp3) is 0.500. The molecule has 64 valence electrons. The molecule has 1 aromatic carbocycles. The molecule has 0 saturated heterocycles. The van der Waals surface area contributed by atoms with E-state index in [1.54, 1.807) is 0 Å². The molecule has 0 spiro atoms. The molecule has 0 unspecified atom stereocenters. The van der Waals surface area contributed by atoms with Crippen molar-refractivity contribution in [2.75, 3.05) is 0 Å². The molecule has 0 N–H and O–H groups in total. The Morgan fingerprint density at radius 1 is 1.33 bits per heavy atom. The summed E-state index contributed by atoms with van der Waals surface area (Å²) in [6, 6.07) is 8.88. The van der Waals surface area contributed by atoms with E-state index in [-0.39, 0.29) is 0 Å². The van der Waals surface area contributed by atoms with Crippen molar-refractivity contribution in [1.82, 2.24) is 0 Å². The van der Waals surface area contributed by atoms with E-state index >= 15 is 0 Å². The summed E-state index contributed by atoms with van der Waals surface area (Å²) >= 11 is 0. The van der Waals surface area contributed by atoms with E-state index in [4.69, 9.17) is 0 Å². The highest BCUT2D eigenvalue weighted by molar-refractivity contribution is 5.22. The Hall–Kier alpha value is -0.780. The third kappa shape index (κ3) is 2.10. The third-order valence-corrected chi connectivity index (χ3v) is 2.62. The minimum atomic E-state index is 1.06. The molecule has 0 heteroatoms. The van der Waals surface area contributed by atoms with Gasteiger partial charge in [-0.3, -0.25) is 0 Å². The predicted molar refractivity (Wildman–Crippen MR) is 52.2 cm³/mol. The maximum Gasteiger partial charge on any atom is -0.0276 e. The normalized spacial score (nSPS) is 16.4. The van der Waals surface area contributed by atoms with E-state index in [1.165, 1.54) is 36.8 Å². The van der Waals surface area contributed by atoms with Gasteiger partial charge in [-0.2, -0.15) is 0 Å². The monoisotopic (exact) mass is 160 g/mol. The third-order valence-electron chi connectivity index (χ3n) is 2.62. The summed E-state index contributed by atoms with van der Waals surface area (Å²) in [4.78, 5) is 0. The van der Waals surface area contributed by atoms with Gasteiger partial charge < -0.3 is 0 Å². The van der Waals surface area contributed by atoms with E-state index in [2.05, 4.69) is 31.2 Å². The molecule has 0 aliphatic heterocycles. The van der Waals surface area contributed by atoms with Crippen LogP contribution in [-0.4, -0.2) is 0 Å². The predicted octanol–water partition coefficient (Wildman–Crippen LogP) is 3.34. The molecule has 0 aromatic heterocycles. The van der Waals surface area contributed by atoms with Crippen molar-refractivity contribution >= 4 is 0 Å². The molecule has 0 heterocycles. The van der Waals surface area contributed by atoms with Crippen LogP contribution in [0.1, 0.15) is 30.4 Å². The van der Waals surface area contributed by atoms with Crippen LogP contribution in [0.5, 0.6) is 0 Å². The van der Waals surface area contributed by atoms with Crippen molar-refractivity contribution in [2.24, 2.45) is 5.92 Å². The van der Waals surface area contributed by atoms with Gasteiger partial charge in [0.1, 0.15) is 0 Å². The first-order chi connectivity index (χ1) is 5.84. The first-order valence-electron chi connectivity index (χ1n) is 4.90. The van der Waals surface area contributed by atoms with E-state index < -0.39 is 0 Å². The van der Waals surface area contributed by atoms with Gasteiger partial charge in [0.2, 0.25) is 0 Å². The summed E-state index contributed by atoms with van der Waals surface area (Å²) in [6.45, 7) is 2.17. The summed E-state index contributed by atoms with van der Waals surface area (Å²) in [5.74, 6) is 1.06. The van der Waals surface area contributed by atoms with Gasteiger partial charge in [-0.15, -0.1) is 0 Å². The van der Waals surface area contributed by atoms with Crippen LogP contribution in [0.25, 0.3) is 0 Å². The van der Waals surface area contributed by atoms with Gasteiger partial charge in [-0.25, -0.2) is 0 Å². The van der Waals surface area contributed by atoms with Crippen LogP contribution in [0.2, 0.25) is 0 Å². The SMILES string of the molecule is Cc1cccc(CCC2CC2)c1. The van der Waals surface area contributed by atoms with Crippen LogP contribution in [-0.2, 0) is 6.42 Å². The number of benzene rings is 1.